The SMILES string of the molecule is CCCCCCCCc1c(CCCC)nc2cc(C)nn2c1N. The summed E-state index contributed by atoms with van der Waals surface area (Å²) in [4.78, 5) is 4.84. The monoisotopic (exact) mass is 316 g/mol. The van der Waals surface area contributed by atoms with Gasteiger partial charge in [0.05, 0.1) is 5.69 Å². The molecule has 2 aromatic heterocycles. The van der Waals surface area contributed by atoms with Crippen LogP contribution in [0.15, 0.2) is 6.07 Å². The van der Waals surface area contributed by atoms with Gasteiger partial charge in [0.25, 0.3) is 0 Å². The zero-order valence-corrected chi connectivity index (χ0v) is 15.1. The maximum Gasteiger partial charge on any atom is 0.157 e. The predicted octanol–water partition coefficient (Wildman–Crippen LogP) is 4.87. The molecule has 0 saturated carbocycles. The lowest BCUT2D eigenvalue weighted by atomic mass is 10.0. The molecule has 0 amide bonds. The number of rotatable bonds is 10. The Morgan fingerprint density at radius 2 is 1.65 bits per heavy atom. The molecule has 0 aliphatic rings. The van der Waals surface area contributed by atoms with Crippen molar-refractivity contribution in [2.24, 2.45) is 0 Å². The van der Waals surface area contributed by atoms with E-state index < -0.39 is 0 Å². The molecule has 128 valence electrons. The number of nitrogens with zero attached hydrogens (tertiary/aromatic N) is 3. The molecular weight excluding hydrogens is 284 g/mol. The minimum atomic E-state index is 0.794. The van der Waals surface area contributed by atoms with Gasteiger partial charge in [0, 0.05) is 17.3 Å². The van der Waals surface area contributed by atoms with Gasteiger partial charge in [0.1, 0.15) is 5.82 Å². The Bertz CT molecular complexity index is 615. The van der Waals surface area contributed by atoms with E-state index in [9.17, 15) is 0 Å². The van der Waals surface area contributed by atoms with Crippen molar-refractivity contribution in [2.45, 2.75) is 85.0 Å². The molecule has 4 heteroatoms. The number of anilines is 1. The molecule has 2 aromatic rings. The fourth-order valence-corrected chi connectivity index (χ4v) is 3.13. The first kappa shape index (κ1) is 17.8. The minimum Gasteiger partial charge on any atom is -0.383 e. The van der Waals surface area contributed by atoms with Gasteiger partial charge >= 0.3 is 0 Å². The Balaban J connectivity index is 2.12. The van der Waals surface area contributed by atoms with Crippen LogP contribution in [0.2, 0.25) is 0 Å². The first-order chi connectivity index (χ1) is 11.2. The molecule has 0 radical (unpaired) electrons. The lowest BCUT2D eigenvalue weighted by molar-refractivity contribution is 0.604. The van der Waals surface area contributed by atoms with E-state index in [2.05, 4.69) is 18.9 Å². The maximum atomic E-state index is 6.43. The van der Waals surface area contributed by atoms with Crippen LogP contribution in [0.1, 0.15) is 82.2 Å². The first-order valence-corrected chi connectivity index (χ1v) is 9.31. The molecule has 2 N–H and O–H groups in total. The molecule has 0 fully saturated rings. The van der Waals surface area contributed by atoms with Crippen LogP contribution in [0.3, 0.4) is 0 Å². The molecule has 2 rings (SSSR count). The van der Waals surface area contributed by atoms with Crippen molar-refractivity contribution in [3.63, 3.8) is 0 Å². The third-order valence-electron chi connectivity index (χ3n) is 4.50. The lowest BCUT2D eigenvalue weighted by Crippen LogP contribution is -2.10. The second-order valence-corrected chi connectivity index (χ2v) is 6.60. The molecular formula is C19H32N4. The highest BCUT2D eigenvalue weighted by Crippen LogP contribution is 2.22. The molecule has 0 aliphatic carbocycles. The van der Waals surface area contributed by atoms with E-state index >= 15 is 0 Å². The van der Waals surface area contributed by atoms with Gasteiger partial charge in [-0.15, -0.1) is 0 Å². The van der Waals surface area contributed by atoms with Gasteiger partial charge in [-0.1, -0.05) is 52.4 Å². The average molecular weight is 316 g/mol. The zero-order valence-electron chi connectivity index (χ0n) is 15.1. The van der Waals surface area contributed by atoms with Gasteiger partial charge in [0.15, 0.2) is 5.65 Å². The van der Waals surface area contributed by atoms with Crippen LogP contribution in [-0.4, -0.2) is 14.6 Å². The van der Waals surface area contributed by atoms with Gasteiger partial charge < -0.3 is 5.73 Å². The minimum absolute atomic E-state index is 0.794. The molecule has 0 unspecified atom stereocenters. The summed E-state index contributed by atoms with van der Waals surface area (Å²) >= 11 is 0. The van der Waals surface area contributed by atoms with Crippen molar-refractivity contribution in [3.8, 4) is 0 Å². The van der Waals surface area contributed by atoms with E-state index in [1.54, 1.807) is 0 Å². The molecule has 0 spiro atoms. The van der Waals surface area contributed by atoms with Crippen molar-refractivity contribution in [3.05, 3.63) is 23.0 Å². The Kier molecular flexibility index (Phi) is 6.87. The number of fused-ring (bicyclic) bond motifs is 1. The summed E-state index contributed by atoms with van der Waals surface area (Å²) in [5, 5.41) is 4.49. The Labute approximate surface area is 140 Å². The van der Waals surface area contributed by atoms with Gasteiger partial charge in [-0.2, -0.15) is 9.61 Å². The fraction of sp³-hybridized carbons (Fsp3) is 0.684. The number of hydrogen-bond donors (Lipinski definition) is 1. The standard InChI is InChI=1S/C19H32N4/c1-4-6-8-9-10-11-12-16-17(13-7-5-2)21-18-14-15(3)22-23(18)19(16)20/h14H,4-13,20H2,1-3H3. The second kappa shape index (κ2) is 8.90. The largest absolute Gasteiger partial charge is 0.383 e. The van der Waals surface area contributed by atoms with E-state index in [0.29, 0.717) is 0 Å². The van der Waals surface area contributed by atoms with Gasteiger partial charge in [-0.25, -0.2) is 4.98 Å². The summed E-state index contributed by atoms with van der Waals surface area (Å²) in [5.74, 6) is 0.794. The van der Waals surface area contributed by atoms with Gasteiger partial charge in [-0.3, -0.25) is 0 Å². The Morgan fingerprint density at radius 3 is 2.39 bits per heavy atom. The van der Waals surface area contributed by atoms with Crippen LogP contribution in [0.4, 0.5) is 5.82 Å². The predicted molar refractivity (Wildman–Crippen MR) is 97.8 cm³/mol. The Hall–Kier alpha value is -1.58. The lowest BCUT2D eigenvalue weighted by Gasteiger charge is -2.13. The highest BCUT2D eigenvalue weighted by atomic mass is 15.3. The van der Waals surface area contributed by atoms with Crippen molar-refractivity contribution in [1.29, 1.82) is 0 Å². The molecule has 0 atom stereocenters. The summed E-state index contributed by atoms with van der Waals surface area (Å²) in [5.41, 5.74) is 10.7. The van der Waals surface area contributed by atoms with Crippen LogP contribution >= 0.6 is 0 Å². The topological polar surface area (TPSA) is 56.2 Å². The number of nitrogen functional groups attached to an aromatic ring is 1. The second-order valence-electron chi connectivity index (χ2n) is 6.60. The van der Waals surface area contributed by atoms with E-state index in [1.807, 2.05) is 17.5 Å². The van der Waals surface area contributed by atoms with E-state index in [1.165, 1.54) is 62.6 Å². The first-order valence-electron chi connectivity index (χ1n) is 9.31. The van der Waals surface area contributed by atoms with Crippen LogP contribution in [0.5, 0.6) is 0 Å². The molecule has 23 heavy (non-hydrogen) atoms. The van der Waals surface area contributed by atoms with E-state index in [-0.39, 0.29) is 0 Å². The van der Waals surface area contributed by atoms with Crippen molar-refractivity contribution in [1.82, 2.24) is 14.6 Å². The highest BCUT2D eigenvalue weighted by molar-refractivity contribution is 5.53. The zero-order chi connectivity index (χ0) is 16.7. The molecule has 0 aromatic carbocycles. The Morgan fingerprint density at radius 1 is 0.957 bits per heavy atom. The molecule has 0 saturated heterocycles. The van der Waals surface area contributed by atoms with Crippen LogP contribution < -0.4 is 5.73 Å². The number of aromatic nitrogens is 3. The highest BCUT2D eigenvalue weighted by Gasteiger charge is 2.14. The summed E-state index contributed by atoms with van der Waals surface area (Å²) in [7, 11) is 0. The normalized spacial score (nSPS) is 11.4. The van der Waals surface area contributed by atoms with E-state index in [0.717, 1.165) is 30.0 Å². The quantitative estimate of drug-likeness (QED) is 0.636. The van der Waals surface area contributed by atoms with Crippen LogP contribution in [0, 0.1) is 6.92 Å². The van der Waals surface area contributed by atoms with Gasteiger partial charge in [-0.05, 0) is 32.6 Å². The maximum absolute atomic E-state index is 6.43. The van der Waals surface area contributed by atoms with E-state index in [4.69, 9.17) is 10.7 Å². The van der Waals surface area contributed by atoms with Crippen molar-refractivity contribution in [2.75, 3.05) is 5.73 Å². The number of nitrogens with two attached hydrogens (primary N) is 1. The van der Waals surface area contributed by atoms with Gasteiger partial charge in [0.2, 0.25) is 0 Å². The summed E-state index contributed by atoms with van der Waals surface area (Å²) in [6.07, 6.45) is 12.2. The summed E-state index contributed by atoms with van der Waals surface area (Å²) < 4.78 is 1.82. The molecule has 0 aliphatic heterocycles. The molecule has 4 nitrogen and oxygen atoms in total. The molecule has 0 bridgehead atoms. The summed E-state index contributed by atoms with van der Waals surface area (Å²) in [6.45, 7) is 6.47. The molecule has 2 heterocycles. The number of hydrogen-bond acceptors (Lipinski definition) is 3. The third kappa shape index (κ3) is 4.69. The van der Waals surface area contributed by atoms with Crippen LogP contribution in [-0.2, 0) is 12.8 Å². The fourth-order valence-electron chi connectivity index (χ4n) is 3.13. The summed E-state index contributed by atoms with van der Waals surface area (Å²) in [6, 6.07) is 2.01. The van der Waals surface area contributed by atoms with Crippen LogP contribution in [0.25, 0.3) is 5.65 Å². The smallest absolute Gasteiger partial charge is 0.157 e. The third-order valence-corrected chi connectivity index (χ3v) is 4.50. The number of unbranched alkanes of at least 4 members (excludes halogenated alkanes) is 6. The average Bonchev–Trinajstić information content (AvgIpc) is 2.91. The number of aryl methyl sites for hydroxylation is 2. The van der Waals surface area contributed by atoms with Crippen molar-refractivity contribution >= 4 is 11.5 Å². The van der Waals surface area contributed by atoms with Crippen molar-refractivity contribution < 1.29 is 0 Å².